The number of allylic oxidation sites excluding steroid dienone is 3. The molecule has 1 rings (SSSR count). The van der Waals surface area contributed by atoms with Gasteiger partial charge in [0.25, 0.3) is 0 Å². The van der Waals surface area contributed by atoms with E-state index in [2.05, 4.69) is 18.5 Å². The largest absolute Gasteiger partial charge is 0.247 e. The average molecular weight is 209 g/mol. The Morgan fingerprint density at radius 2 is 2.00 bits per heavy atom. The summed E-state index contributed by atoms with van der Waals surface area (Å²) in [7, 11) is 0. The first-order valence-electron chi connectivity index (χ1n) is 4.91. The van der Waals surface area contributed by atoms with Crippen LogP contribution in [0.15, 0.2) is 41.1 Å². The molecule has 0 atom stereocenters. The molecule has 0 bridgehead atoms. The van der Waals surface area contributed by atoms with Crippen molar-refractivity contribution in [3.05, 3.63) is 36.1 Å². The number of hydrogen-bond acceptors (Lipinski definition) is 2. The van der Waals surface area contributed by atoms with Gasteiger partial charge in [-0.1, -0.05) is 32.6 Å². The second-order valence-electron chi connectivity index (χ2n) is 2.68. The number of rotatable bonds is 2. The van der Waals surface area contributed by atoms with Crippen LogP contribution in [0.25, 0.3) is 0 Å². The smallest absolute Gasteiger partial charge is 0.0710 e. The quantitative estimate of drug-likeness (QED) is 0.621. The first-order chi connectivity index (χ1) is 6.74. The maximum atomic E-state index is 4.43. The van der Waals surface area contributed by atoms with E-state index in [1.165, 1.54) is 5.57 Å². The van der Waals surface area contributed by atoms with Crippen LogP contribution in [-0.2, 0) is 0 Å². The molecule has 0 fully saturated rings. The lowest BCUT2D eigenvalue weighted by molar-refractivity contribution is 1.25. The Labute approximate surface area is 91.7 Å². The molecule has 0 unspecified atom stereocenters. The van der Waals surface area contributed by atoms with E-state index in [9.17, 15) is 0 Å². The first kappa shape index (κ1) is 13.2. The van der Waals surface area contributed by atoms with Gasteiger partial charge in [-0.2, -0.15) is 0 Å². The van der Waals surface area contributed by atoms with E-state index in [4.69, 9.17) is 0 Å². The molecule has 0 aromatic heterocycles. The third-order valence-corrected chi connectivity index (χ3v) is 2.69. The van der Waals surface area contributed by atoms with Gasteiger partial charge in [-0.3, -0.25) is 0 Å². The lowest BCUT2D eigenvalue weighted by atomic mass is 10.2. The molecule has 78 valence electrons. The Balaban J connectivity index is 0.000000791. The highest BCUT2D eigenvalue weighted by atomic mass is 32.2. The fraction of sp³-hybridized carbons (Fsp3) is 0.417. The van der Waals surface area contributed by atoms with Crippen LogP contribution in [-0.4, -0.2) is 10.8 Å². The van der Waals surface area contributed by atoms with Crippen LogP contribution in [0, 0.1) is 0 Å². The van der Waals surface area contributed by atoms with Gasteiger partial charge >= 0.3 is 0 Å². The monoisotopic (exact) mass is 209 g/mol. The van der Waals surface area contributed by atoms with Crippen molar-refractivity contribution < 1.29 is 0 Å². The first-order valence-corrected chi connectivity index (χ1v) is 5.89. The number of aliphatic imine (C=N–C) groups is 1. The van der Waals surface area contributed by atoms with Crippen molar-refractivity contribution >= 4 is 16.8 Å². The van der Waals surface area contributed by atoms with E-state index >= 15 is 0 Å². The summed E-state index contributed by atoms with van der Waals surface area (Å²) in [5.41, 5.74) is 2.43. The highest BCUT2D eigenvalue weighted by molar-refractivity contribution is 8.14. The minimum absolute atomic E-state index is 1.06. The van der Waals surface area contributed by atoms with E-state index in [1.807, 2.05) is 32.9 Å². The lowest BCUT2D eigenvalue weighted by Crippen LogP contribution is -1.99. The Morgan fingerprint density at radius 3 is 2.57 bits per heavy atom. The molecule has 0 saturated heterocycles. The minimum atomic E-state index is 1.06. The van der Waals surface area contributed by atoms with Crippen molar-refractivity contribution in [2.45, 2.75) is 27.7 Å². The Kier molecular flexibility index (Phi) is 7.21. The van der Waals surface area contributed by atoms with E-state index < -0.39 is 0 Å². The SMILES string of the molecule is C=C/C=C\C1=C(C)CSC(C)=N1.CC. The molecular weight excluding hydrogens is 190 g/mol. The fourth-order valence-corrected chi connectivity index (χ4v) is 1.66. The lowest BCUT2D eigenvalue weighted by Gasteiger charge is -2.10. The summed E-state index contributed by atoms with van der Waals surface area (Å²) in [5.74, 6) is 1.06. The van der Waals surface area contributed by atoms with E-state index in [0.29, 0.717) is 0 Å². The van der Waals surface area contributed by atoms with Gasteiger partial charge in [-0.25, -0.2) is 4.99 Å². The van der Waals surface area contributed by atoms with Crippen molar-refractivity contribution in [3.8, 4) is 0 Å². The predicted molar refractivity (Wildman–Crippen MR) is 69.0 cm³/mol. The zero-order valence-corrected chi connectivity index (χ0v) is 10.3. The van der Waals surface area contributed by atoms with Crippen molar-refractivity contribution in [1.29, 1.82) is 0 Å². The van der Waals surface area contributed by atoms with Crippen LogP contribution >= 0.6 is 11.8 Å². The van der Waals surface area contributed by atoms with Gasteiger partial charge in [0.05, 0.1) is 10.7 Å². The van der Waals surface area contributed by atoms with Gasteiger partial charge < -0.3 is 0 Å². The molecule has 14 heavy (non-hydrogen) atoms. The topological polar surface area (TPSA) is 12.4 Å². The summed E-state index contributed by atoms with van der Waals surface area (Å²) in [6.45, 7) is 11.8. The second-order valence-corrected chi connectivity index (χ2v) is 3.85. The van der Waals surface area contributed by atoms with Crippen LogP contribution in [0.4, 0.5) is 0 Å². The van der Waals surface area contributed by atoms with Crippen molar-refractivity contribution in [2.75, 3.05) is 5.75 Å². The van der Waals surface area contributed by atoms with Gasteiger partial charge in [0.2, 0.25) is 0 Å². The molecule has 1 aliphatic rings. The highest BCUT2D eigenvalue weighted by Gasteiger charge is 2.06. The molecule has 0 N–H and O–H groups in total. The molecule has 0 radical (unpaired) electrons. The minimum Gasteiger partial charge on any atom is -0.247 e. The number of nitrogens with zero attached hydrogens (tertiary/aromatic N) is 1. The third kappa shape index (κ3) is 4.47. The van der Waals surface area contributed by atoms with Gasteiger partial charge in [-0.15, -0.1) is 11.8 Å². The average Bonchev–Trinajstić information content (AvgIpc) is 2.22. The molecule has 0 aliphatic carbocycles. The van der Waals surface area contributed by atoms with Gasteiger partial charge in [-0.05, 0) is 25.5 Å². The van der Waals surface area contributed by atoms with Crippen LogP contribution < -0.4 is 0 Å². The van der Waals surface area contributed by atoms with Gasteiger partial charge in [0, 0.05) is 5.75 Å². The molecule has 0 aromatic carbocycles. The summed E-state index contributed by atoms with van der Waals surface area (Å²) < 4.78 is 0. The molecular formula is C12H19NS. The van der Waals surface area contributed by atoms with Crippen LogP contribution in [0.1, 0.15) is 27.7 Å². The molecule has 1 aliphatic heterocycles. The molecule has 0 aromatic rings. The predicted octanol–water partition coefficient (Wildman–Crippen LogP) is 4.19. The van der Waals surface area contributed by atoms with Crippen molar-refractivity contribution in [2.24, 2.45) is 4.99 Å². The Morgan fingerprint density at radius 1 is 1.36 bits per heavy atom. The summed E-state index contributed by atoms with van der Waals surface area (Å²) in [6, 6.07) is 0. The number of thioether (sulfide) groups is 1. The second kappa shape index (κ2) is 7.63. The molecule has 2 heteroatoms. The fourth-order valence-electron chi connectivity index (χ4n) is 0.923. The zero-order chi connectivity index (χ0) is 11.0. The number of hydrogen-bond donors (Lipinski definition) is 0. The molecule has 0 spiro atoms. The summed E-state index contributed by atoms with van der Waals surface area (Å²) in [5, 5.41) is 1.14. The normalized spacial score (nSPS) is 16.1. The summed E-state index contributed by atoms with van der Waals surface area (Å²) in [4.78, 5) is 4.43. The van der Waals surface area contributed by atoms with Crippen LogP contribution in [0.2, 0.25) is 0 Å². The van der Waals surface area contributed by atoms with Gasteiger partial charge in [0.1, 0.15) is 0 Å². The van der Waals surface area contributed by atoms with E-state index in [1.54, 1.807) is 17.8 Å². The summed E-state index contributed by atoms with van der Waals surface area (Å²) in [6.07, 6.45) is 5.70. The molecule has 1 nitrogen and oxygen atoms in total. The molecule has 1 heterocycles. The standard InChI is InChI=1S/C10H13NS.C2H6/c1-4-5-6-10-8(2)7-12-9(3)11-10;1-2/h4-6H,1,7H2,2-3H3;1-2H3/b6-5-;. The zero-order valence-electron chi connectivity index (χ0n) is 9.50. The molecule has 0 amide bonds. The Hall–Kier alpha value is -0.760. The van der Waals surface area contributed by atoms with E-state index in [0.717, 1.165) is 16.5 Å². The van der Waals surface area contributed by atoms with Crippen molar-refractivity contribution in [1.82, 2.24) is 0 Å². The van der Waals surface area contributed by atoms with Crippen molar-refractivity contribution in [3.63, 3.8) is 0 Å². The Bertz CT molecular complexity index is 272. The maximum Gasteiger partial charge on any atom is 0.0710 e. The maximum absolute atomic E-state index is 4.43. The van der Waals surface area contributed by atoms with Crippen LogP contribution in [0.3, 0.4) is 0 Å². The molecule has 0 saturated carbocycles. The van der Waals surface area contributed by atoms with Crippen LogP contribution in [0.5, 0.6) is 0 Å². The highest BCUT2D eigenvalue weighted by Crippen LogP contribution is 2.22. The van der Waals surface area contributed by atoms with Gasteiger partial charge in [0.15, 0.2) is 0 Å². The summed E-state index contributed by atoms with van der Waals surface area (Å²) >= 11 is 1.80. The van der Waals surface area contributed by atoms with E-state index in [-0.39, 0.29) is 0 Å². The third-order valence-electron chi connectivity index (χ3n) is 1.60.